The van der Waals surface area contributed by atoms with E-state index >= 15 is 0 Å². The summed E-state index contributed by atoms with van der Waals surface area (Å²) in [6, 6.07) is 4.24. The molecule has 0 bridgehead atoms. The van der Waals surface area contributed by atoms with E-state index in [1.54, 1.807) is 6.07 Å². The first-order valence-electron chi connectivity index (χ1n) is 10.8. The molecule has 5 N–H and O–H groups in total. The molecule has 1 aliphatic rings. The first kappa shape index (κ1) is 24.7. The summed E-state index contributed by atoms with van der Waals surface area (Å²) in [6.45, 7) is 1.41. The van der Waals surface area contributed by atoms with Crippen molar-refractivity contribution in [2.75, 3.05) is 6.54 Å². The second kappa shape index (κ2) is 11.7. The molecule has 6 nitrogen and oxygen atoms in total. The van der Waals surface area contributed by atoms with Crippen LogP contribution in [0.2, 0.25) is 6.32 Å². The van der Waals surface area contributed by atoms with Crippen molar-refractivity contribution in [3.8, 4) is 0 Å². The standard InChI is InChI=1S/C21H33BF2N2O4/c23-18-9-8-16(14-19(18)24)15-26-13-4-1-6-17(26)7-5-11-21(25,20(27)28)10-2-3-12-22(29)30/h8-9,14,17,29-30H,1-7,10-13,15,25H2,(H,27,28). The summed E-state index contributed by atoms with van der Waals surface area (Å²) in [5.41, 5.74) is 5.55. The van der Waals surface area contributed by atoms with Crippen LogP contribution in [0.3, 0.4) is 0 Å². The van der Waals surface area contributed by atoms with Gasteiger partial charge in [0.1, 0.15) is 5.54 Å². The Bertz CT molecular complexity index is 695. The quantitative estimate of drug-likeness (QED) is 0.303. The highest BCUT2D eigenvalue weighted by atomic mass is 19.2. The summed E-state index contributed by atoms with van der Waals surface area (Å²) in [7, 11) is -1.38. The van der Waals surface area contributed by atoms with Gasteiger partial charge in [0, 0.05) is 12.6 Å². The zero-order valence-corrected chi connectivity index (χ0v) is 17.4. The maximum Gasteiger partial charge on any atom is 0.451 e. The lowest BCUT2D eigenvalue weighted by atomic mass is 9.81. The molecule has 0 saturated carbocycles. The van der Waals surface area contributed by atoms with Gasteiger partial charge in [-0.25, -0.2) is 8.78 Å². The lowest BCUT2D eigenvalue weighted by Gasteiger charge is -2.36. The Morgan fingerprint density at radius 3 is 2.57 bits per heavy atom. The van der Waals surface area contributed by atoms with Crippen LogP contribution in [0.4, 0.5) is 8.78 Å². The van der Waals surface area contributed by atoms with Crippen LogP contribution in [0.5, 0.6) is 0 Å². The highest BCUT2D eigenvalue weighted by molar-refractivity contribution is 6.40. The molecule has 168 valence electrons. The van der Waals surface area contributed by atoms with Crippen molar-refractivity contribution in [2.45, 2.75) is 82.2 Å². The number of carboxylic acids is 1. The molecule has 2 atom stereocenters. The van der Waals surface area contributed by atoms with E-state index in [0.29, 0.717) is 32.2 Å². The third-order valence-corrected chi connectivity index (χ3v) is 6.04. The summed E-state index contributed by atoms with van der Waals surface area (Å²) >= 11 is 0. The first-order valence-corrected chi connectivity index (χ1v) is 10.8. The van der Waals surface area contributed by atoms with Gasteiger partial charge in [-0.3, -0.25) is 9.69 Å². The van der Waals surface area contributed by atoms with Crippen LogP contribution >= 0.6 is 0 Å². The van der Waals surface area contributed by atoms with E-state index in [0.717, 1.165) is 43.9 Å². The normalized spacial score (nSPS) is 19.4. The lowest BCUT2D eigenvalue weighted by Crippen LogP contribution is -2.48. The van der Waals surface area contributed by atoms with E-state index in [1.807, 2.05) is 0 Å². The minimum Gasteiger partial charge on any atom is -0.480 e. The fourth-order valence-corrected chi connectivity index (χ4v) is 4.23. The van der Waals surface area contributed by atoms with Crippen LogP contribution in [0.25, 0.3) is 0 Å². The Morgan fingerprint density at radius 1 is 1.17 bits per heavy atom. The van der Waals surface area contributed by atoms with Crippen molar-refractivity contribution >= 4 is 13.1 Å². The number of unbranched alkanes of at least 4 members (excludes halogenated alkanes) is 1. The van der Waals surface area contributed by atoms with Crippen molar-refractivity contribution in [2.24, 2.45) is 5.73 Å². The number of likely N-dealkylation sites (tertiary alicyclic amines) is 1. The number of benzene rings is 1. The van der Waals surface area contributed by atoms with E-state index in [4.69, 9.17) is 15.8 Å². The zero-order chi connectivity index (χ0) is 22.1. The van der Waals surface area contributed by atoms with Gasteiger partial charge in [-0.1, -0.05) is 25.3 Å². The highest BCUT2D eigenvalue weighted by Gasteiger charge is 2.33. The second-order valence-corrected chi connectivity index (χ2v) is 8.45. The van der Waals surface area contributed by atoms with Gasteiger partial charge in [-0.05, 0) is 69.1 Å². The number of carbonyl (C=O) groups is 1. The number of carboxylic acid groups (broad SMARTS) is 1. The summed E-state index contributed by atoms with van der Waals surface area (Å²) in [4.78, 5) is 14.0. The molecule has 0 spiro atoms. The first-order chi connectivity index (χ1) is 14.2. The van der Waals surface area contributed by atoms with Gasteiger partial charge >= 0.3 is 13.1 Å². The van der Waals surface area contributed by atoms with Crippen LogP contribution < -0.4 is 5.73 Å². The van der Waals surface area contributed by atoms with Crippen molar-refractivity contribution < 1.29 is 28.7 Å². The largest absolute Gasteiger partial charge is 0.480 e. The van der Waals surface area contributed by atoms with E-state index in [9.17, 15) is 18.7 Å². The SMILES string of the molecule is NC(CCCCB(O)O)(CCCC1CCCCN1Cc1ccc(F)c(F)c1)C(=O)O. The average molecular weight is 426 g/mol. The molecule has 2 rings (SSSR count). The van der Waals surface area contributed by atoms with E-state index in [2.05, 4.69) is 4.90 Å². The lowest BCUT2D eigenvalue weighted by molar-refractivity contribution is -0.144. The highest BCUT2D eigenvalue weighted by Crippen LogP contribution is 2.27. The number of nitrogens with two attached hydrogens (primary N) is 1. The molecular formula is C21H33BF2N2O4. The summed E-state index contributed by atoms with van der Waals surface area (Å²) in [5, 5.41) is 27.4. The smallest absolute Gasteiger partial charge is 0.451 e. The van der Waals surface area contributed by atoms with Gasteiger partial charge < -0.3 is 20.9 Å². The van der Waals surface area contributed by atoms with Gasteiger partial charge in [-0.2, -0.15) is 0 Å². The molecule has 1 aromatic carbocycles. The maximum atomic E-state index is 13.5. The predicted molar refractivity (Wildman–Crippen MR) is 112 cm³/mol. The number of hydrogen-bond donors (Lipinski definition) is 4. The van der Waals surface area contributed by atoms with Crippen molar-refractivity contribution in [3.63, 3.8) is 0 Å². The summed E-state index contributed by atoms with van der Waals surface area (Å²) in [5.74, 6) is -2.73. The van der Waals surface area contributed by atoms with Gasteiger partial charge in [0.2, 0.25) is 0 Å². The third-order valence-electron chi connectivity index (χ3n) is 6.04. The molecule has 1 saturated heterocycles. The molecule has 30 heavy (non-hydrogen) atoms. The van der Waals surface area contributed by atoms with Crippen molar-refractivity contribution in [1.82, 2.24) is 4.90 Å². The van der Waals surface area contributed by atoms with Gasteiger partial charge in [0.25, 0.3) is 0 Å². The molecule has 1 aromatic rings. The van der Waals surface area contributed by atoms with Crippen LogP contribution in [-0.4, -0.2) is 51.3 Å². The second-order valence-electron chi connectivity index (χ2n) is 8.45. The molecule has 0 radical (unpaired) electrons. The Hall–Kier alpha value is -1.55. The fourth-order valence-electron chi connectivity index (χ4n) is 4.23. The minimum atomic E-state index is -1.38. The molecular weight excluding hydrogens is 393 g/mol. The van der Waals surface area contributed by atoms with Crippen molar-refractivity contribution in [3.05, 3.63) is 35.4 Å². The Kier molecular flexibility index (Phi) is 9.68. The third kappa shape index (κ3) is 7.61. The van der Waals surface area contributed by atoms with Gasteiger partial charge in [0.05, 0.1) is 0 Å². The Balaban J connectivity index is 1.87. The molecule has 0 amide bonds. The van der Waals surface area contributed by atoms with Gasteiger partial charge in [0.15, 0.2) is 11.6 Å². The van der Waals surface area contributed by atoms with Crippen molar-refractivity contribution in [1.29, 1.82) is 0 Å². The fraction of sp³-hybridized carbons (Fsp3) is 0.667. The van der Waals surface area contributed by atoms with Crippen LogP contribution in [0.1, 0.15) is 63.4 Å². The number of hydrogen-bond acceptors (Lipinski definition) is 5. The van der Waals surface area contributed by atoms with Crippen LogP contribution in [0.15, 0.2) is 18.2 Å². The summed E-state index contributed by atoms with van der Waals surface area (Å²) < 4.78 is 26.7. The molecule has 1 aliphatic heterocycles. The molecule has 1 heterocycles. The van der Waals surface area contributed by atoms with Crippen LogP contribution in [-0.2, 0) is 11.3 Å². The van der Waals surface area contributed by atoms with E-state index < -0.39 is 30.3 Å². The monoisotopic (exact) mass is 426 g/mol. The molecule has 0 aliphatic carbocycles. The topological polar surface area (TPSA) is 107 Å². The Morgan fingerprint density at radius 2 is 1.90 bits per heavy atom. The van der Waals surface area contributed by atoms with E-state index in [1.165, 1.54) is 6.07 Å². The summed E-state index contributed by atoms with van der Waals surface area (Å²) in [6.07, 6.45) is 6.45. The van der Waals surface area contributed by atoms with E-state index in [-0.39, 0.29) is 18.8 Å². The number of halogens is 2. The zero-order valence-electron chi connectivity index (χ0n) is 17.4. The Labute approximate surface area is 177 Å². The number of aliphatic carboxylic acids is 1. The molecule has 0 aromatic heterocycles. The van der Waals surface area contributed by atoms with Gasteiger partial charge in [-0.15, -0.1) is 0 Å². The predicted octanol–water partition coefficient (Wildman–Crippen LogP) is 2.91. The number of nitrogens with zero attached hydrogens (tertiary/aromatic N) is 1. The number of rotatable bonds is 12. The number of piperidine rings is 1. The minimum absolute atomic E-state index is 0.205. The molecule has 2 unspecified atom stereocenters. The van der Waals surface area contributed by atoms with Crippen LogP contribution in [0, 0.1) is 11.6 Å². The molecule has 1 fully saturated rings. The molecule has 9 heteroatoms. The maximum absolute atomic E-state index is 13.5. The average Bonchev–Trinajstić information content (AvgIpc) is 2.69.